The highest BCUT2D eigenvalue weighted by Crippen LogP contribution is 2.42. The molecule has 3 aliphatic rings. The van der Waals surface area contributed by atoms with E-state index in [9.17, 15) is 19.5 Å². The van der Waals surface area contributed by atoms with Gasteiger partial charge in [-0.05, 0) is 32.1 Å². The summed E-state index contributed by atoms with van der Waals surface area (Å²) in [5, 5.41) is 9.51. The Hall–Kier alpha value is -1.43. The Labute approximate surface area is 124 Å². The van der Waals surface area contributed by atoms with Crippen molar-refractivity contribution in [2.75, 3.05) is 6.54 Å². The fraction of sp³-hybridized carbons (Fsp3) is 0.800. The van der Waals surface area contributed by atoms with E-state index in [1.807, 2.05) is 4.90 Å². The molecule has 116 valence electrons. The predicted molar refractivity (Wildman–Crippen MR) is 74.4 cm³/mol. The number of carboxylic acid groups (broad SMARTS) is 1. The number of imide groups is 1. The Morgan fingerprint density at radius 1 is 1.29 bits per heavy atom. The Balaban J connectivity index is 1.88. The van der Waals surface area contributed by atoms with Crippen LogP contribution < -0.4 is 0 Å². The number of amides is 2. The van der Waals surface area contributed by atoms with Gasteiger partial charge in [-0.15, -0.1) is 0 Å². The second-order valence-corrected chi connectivity index (χ2v) is 6.34. The zero-order chi connectivity index (χ0) is 15.1. The molecule has 2 aliphatic heterocycles. The van der Waals surface area contributed by atoms with Crippen molar-refractivity contribution in [2.24, 2.45) is 5.92 Å². The number of rotatable bonds is 3. The van der Waals surface area contributed by atoms with Gasteiger partial charge in [-0.3, -0.25) is 24.2 Å². The predicted octanol–water partition coefficient (Wildman–Crippen LogP) is 0.851. The van der Waals surface area contributed by atoms with Crippen LogP contribution in [-0.4, -0.2) is 57.4 Å². The molecule has 1 aliphatic carbocycles. The van der Waals surface area contributed by atoms with Gasteiger partial charge >= 0.3 is 5.97 Å². The lowest BCUT2D eigenvalue weighted by molar-refractivity contribution is -0.145. The molecule has 6 heteroatoms. The third-order valence-electron chi connectivity index (χ3n) is 5.32. The van der Waals surface area contributed by atoms with E-state index in [0.29, 0.717) is 18.9 Å². The van der Waals surface area contributed by atoms with E-state index >= 15 is 0 Å². The number of carbonyl (C=O) groups is 3. The number of carbonyl (C=O) groups excluding carboxylic acids is 2. The summed E-state index contributed by atoms with van der Waals surface area (Å²) in [6.07, 6.45) is 4.95. The number of likely N-dealkylation sites (tertiary alicyclic amines) is 2. The van der Waals surface area contributed by atoms with Crippen molar-refractivity contribution in [1.82, 2.24) is 9.80 Å². The highest BCUT2D eigenvalue weighted by Gasteiger charge is 2.53. The minimum absolute atomic E-state index is 0.139. The molecule has 6 nitrogen and oxygen atoms in total. The lowest BCUT2D eigenvalue weighted by Crippen LogP contribution is -2.51. The fourth-order valence-corrected chi connectivity index (χ4v) is 4.40. The highest BCUT2D eigenvalue weighted by molar-refractivity contribution is 6.05. The first-order valence-corrected chi connectivity index (χ1v) is 7.89. The maximum atomic E-state index is 12.4. The van der Waals surface area contributed by atoms with Crippen LogP contribution in [-0.2, 0) is 14.4 Å². The quantitative estimate of drug-likeness (QED) is 0.781. The lowest BCUT2D eigenvalue weighted by atomic mass is 9.84. The first kappa shape index (κ1) is 14.5. The van der Waals surface area contributed by atoms with Crippen molar-refractivity contribution in [3.8, 4) is 0 Å². The normalized spacial score (nSPS) is 37.1. The Morgan fingerprint density at radius 3 is 2.62 bits per heavy atom. The van der Waals surface area contributed by atoms with Gasteiger partial charge in [0.25, 0.3) is 0 Å². The average molecular weight is 294 g/mol. The number of hydrogen-bond acceptors (Lipinski definition) is 4. The second kappa shape index (κ2) is 5.40. The molecule has 4 atom stereocenters. The van der Waals surface area contributed by atoms with E-state index in [-0.39, 0.29) is 24.3 Å². The first-order valence-electron chi connectivity index (χ1n) is 7.89. The molecule has 2 heterocycles. The molecule has 3 rings (SSSR count). The molecular weight excluding hydrogens is 272 g/mol. The van der Waals surface area contributed by atoms with Gasteiger partial charge in [0.15, 0.2) is 0 Å². The second-order valence-electron chi connectivity index (χ2n) is 6.34. The van der Waals surface area contributed by atoms with Gasteiger partial charge in [0.1, 0.15) is 6.04 Å². The standard InChI is InChI=1S/C15H22N2O4/c1-2-16-13(18)8-11(14(16)19)17-10-6-4-3-5-9(10)7-12(17)15(20)21/h9-12H,2-8H2,1H3,(H,20,21). The molecule has 0 aromatic heterocycles. The number of aliphatic carboxylic acids is 1. The molecule has 21 heavy (non-hydrogen) atoms. The van der Waals surface area contributed by atoms with Crippen molar-refractivity contribution >= 4 is 17.8 Å². The lowest BCUT2D eigenvalue weighted by Gasteiger charge is -2.35. The van der Waals surface area contributed by atoms with Crippen LogP contribution in [0.2, 0.25) is 0 Å². The van der Waals surface area contributed by atoms with E-state index in [0.717, 1.165) is 25.7 Å². The number of fused-ring (bicyclic) bond motifs is 1. The molecule has 2 saturated heterocycles. The number of carboxylic acids is 1. The molecule has 2 amide bonds. The maximum Gasteiger partial charge on any atom is 0.320 e. The molecular formula is C15H22N2O4. The third-order valence-corrected chi connectivity index (χ3v) is 5.32. The zero-order valence-electron chi connectivity index (χ0n) is 12.3. The number of likely N-dealkylation sites (N-methyl/N-ethyl adjacent to an activating group) is 1. The first-order chi connectivity index (χ1) is 10.0. The van der Waals surface area contributed by atoms with Gasteiger partial charge in [0.2, 0.25) is 11.8 Å². The topological polar surface area (TPSA) is 77.9 Å². The molecule has 4 unspecified atom stereocenters. The molecule has 0 radical (unpaired) electrons. The molecule has 1 N–H and O–H groups in total. The summed E-state index contributed by atoms with van der Waals surface area (Å²) >= 11 is 0. The van der Waals surface area contributed by atoms with Gasteiger partial charge in [-0.25, -0.2) is 0 Å². The smallest absolute Gasteiger partial charge is 0.320 e. The molecule has 0 bridgehead atoms. The van der Waals surface area contributed by atoms with E-state index in [4.69, 9.17) is 0 Å². The van der Waals surface area contributed by atoms with Gasteiger partial charge in [-0.2, -0.15) is 0 Å². The van der Waals surface area contributed by atoms with Crippen LogP contribution in [0.25, 0.3) is 0 Å². The minimum Gasteiger partial charge on any atom is -0.480 e. The fourth-order valence-electron chi connectivity index (χ4n) is 4.40. The Morgan fingerprint density at radius 2 is 2.00 bits per heavy atom. The minimum atomic E-state index is -0.861. The largest absolute Gasteiger partial charge is 0.480 e. The summed E-state index contributed by atoms with van der Waals surface area (Å²) in [6, 6.07) is -1.03. The maximum absolute atomic E-state index is 12.4. The highest BCUT2D eigenvalue weighted by atomic mass is 16.4. The zero-order valence-corrected chi connectivity index (χ0v) is 12.3. The van der Waals surface area contributed by atoms with Crippen molar-refractivity contribution in [1.29, 1.82) is 0 Å². The van der Waals surface area contributed by atoms with Crippen LogP contribution >= 0.6 is 0 Å². The summed E-state index contributed by atoms with van der Waals surface area (Å²) in [7, 11) is 0. The van der Waals surface area contributed by atoms with E-state index in [1.165, 1.54) is 4.90 Å². The van der Waals surface area contributed by atoms with E-state index in [1.54, 1.807) is 6.92 Å². The molecule has 1 saturated carbocycles. The van der Waals surface area contributed by atoms with Crippen molar-refractivity contribution in [3.63, 3.8) is 0 Å². The molecule has 0 spiro atoms. The van der Waals surface area contributed by atoms with Gasteiger partial charge < -0.3 is 5.11 Å². The van der Waals surface area contributed by atoms with Crippen LogP contribution in [0.4, 0.5) is 0 Å². The third kappa shape index (κ3) is 2.25. The Kier molecular flexibility index (Phi) is 3.73. The molecule has 0 aromatic carbocycles. The summed E-state index contributed by atoms with van der Waals surface area (Å²) in [5.41, 5.74) is 0. The van der Waals surface area contributed by atoms with Gasteiger partial charge in [0, 0.05) is 12.6 Å². The Bertz CT molecular complexity index is 478. The molecule has 0 aromatic rings. The van der Waals surface area contributed by atoms with Crippen molar-refractivity contribution < 1.29 is 19.5 Å². The van der Waals surface area contributed by atoms with Gasteiger partial charge in [-0.1, -0.05) is 12.8 Å². The van der Waals surface area contributed by atoms with E-state index in [2.05, 4.69) is 0 Å². The van der Waals surface area contributed by atoms with Crippen LogP contribution in [0.3, 0.4) is 0 Å². The van der Waals surface area contributed by atoms with Gasteiger partial charge in [0.05, 0.1) is 12.5 Å². The van der Waals surface area contributed by atoms with Crippen LogP contribution in [0, 0.1) is 5.92 Å². The van der Waals surface area contributed by atoms with Crippen LogP contribution in [0.15, 0.2) is 0 Å². The monoisotopic (exact) mass is 294 g/mol. The summed E-state index contributed by atoms with van der Waals surface area (Å²) in [5.74, 6) is -0.881. The average Bonchev–Trinajstić information content (AvgIpc) is 2.96. The van der Waals surface area contributed by atoms with E-state index < -0.39 is 18.1 Å². The number of nitrogens with zero attached hydrogens (tertiary/aromatic N) is 2. The summed E-state index contributed by atoms with van der Waals surface area (Å²) in [6.45, 7) is 2.15. The van der Waals surface area contributed by atoms with Crippen LogP contribution in [0.5, 0.6) is 0 Å². The SMILES string of the molecule is CCN1C(=O)CC(N2C(C(=O)O)CC3CCCCC32)C1=O. The summed E-state index contributed by atoms with van der Waals surface area (Å²) in [4.78, 5) is 39.1. The molecule has 3 fully saturated rings. The summed E-state index contributed by atoms with van der Waals surface area (Å²) < 4.78 is 0. The van der Waals surface area contributed by atoms with Crippen molar-refractivity contribution in [3.05, 3.63) is 0 Å². The van der Waals surface area contributed by atoms with Crippen molar-refractivity contribution in [2.45, 2.75) is 63.6 Å². The van der Waals surface area contributed by atoms with Crippen LogP contribution in [0.1, 0.15) is 45.4 Å². The number of hydrogen-bond donors (Lipinski definition) is 1.